The van der Waals surface area contributed by atoms with Crippen LogP contribution in [0.15, 0.2) is 11.6 Å². The third-order valence-electron chi connectivity index (χ3n) is 19.0. The summed E-state index contributed by atoms with van der Waals surface area (Å²) in [6.45, 7) is 14.2. The van der Waals surface area contributed by atoms with Crippen molar-refractivity contribution in [2.75, 3.05) is 19.8 Å². The van der Waals surface area contributed by atoms with Crippen LogP contribution < -0.4 is 0 Å². The number of hydrogen-bond acceptors (Lipinski definition) is 17. The van der Waals surface area contributed by atoms with E-state index in [0.717, 1.165) is 44.9 Å². The summed E-state index contributed by atoms with van der Waals surface area (Å²) in [6.07, 6.45) is -10.7. The van der Waals surface area contributed by atoms with Crippen molar-refractivity contribution in [1.82, 2.24) is 0 Å². The second-order valence-corrected chi connectivity index (χ2v) is 22.8. The van der Waals surface area contributed by atoms with Crippen LogP contribution >= 0.6 is 0 Å². The van der Waals surface area contributed by atoms with Crippen LogP contribution in [0.5, 0.6) is 0 Å². The molecule has 64 heavy (non-hydrogen) atoms. The molecule has 0 aromatic carbocycles. The Balaban J connectivity index is 0.995. The maximum atomic E-state index is 14.6. The highest BCUT2D eigenvalue weighted by Crippen LogP contribution is 2.76. The maximum absolute atomic E-state index is 14.6. The highest BCUT2D eigenvalue weighted by molar-refractivity contribution is 5.79. The van der Waals surface area contributed by atoms with Gasteiger partial charge in [-0.1, -0.05) is 53.2 Å². The van der Waals surface area contributed by atoms with Gasteiger partial charge in [0.1, 0.15) is 61.0 Å². The van der Waals surface area contributed by atoms with E-state index < -0.39 is 116 Å². The average Bonchev–Trinajstić information content (AvgIpc) is 3.25. The van der Waals surface area contributed by atoms with Crippen LogP contribution in [-0.2, 0) is 33.2 Å². The molecule has 0 bridgehead atoms. The van der Waals surface area contributed by atoms with Crippen LogP contribution in [0.4, 0.5) is 0 Å². The largest absolute Gasteiger partial charge is 0.432 e. The third-order valence-corrected chi connectivity index (χ3v) is 19.0. The first-order valence-electron chi connectivity index (χ1n) is 23.7. The highest BCUT2D eigenvalue weighted by Gasteiger charge is 2.70. The molecule has 23 atom stereocenters. The molecular formula is C47H76O17. The fourth-order valence-corrected chi connectivity index (χ4v) is 14.7. The van der Waals surface area contributed by atoms with Crippen molar-refractivity contribution in [2.24, 2.45) is 50.2 Å². The van der Waals surface area contributed by atoms with Crippen molar-refractivity contribution in [3.8, 4) is 0 Å². The van der Waals surface area contributed by atoms with Gasteiger partial charge in [-0.25, -0.2) is 0 Å². The predicted molar refractivity (Wildman–Crippen MR) is 224 cm³/mol. The van der Waals surface area contributed by atoms with Crippen LogP contribution in [0, 0.1) is 50.2 Å². The Morgan fingerprint density at radius 3 is 2.05 bits per heavy atom. The molecule has 3 aliphatic heterocycles. The van der Waals surface area contributed by atoms with Gasteiger partial charge < -0.3 is 79.5 Å². The van der Waals surface area contributed by atoms with Gasteiger partial charge in [-0.3, -0.25) is 4.79 Å². The summed E-state index contributed by atoms with van der Waals surface area (Å²) < 4.78 is 35.5. The molecule has 8 rings (SSSR count). The minimum absolute atomic E-state index is 0.0257. The van der Waals surface area contributed by atoms with Crippen molar-refractivity contribution in [2.45, 2.75) is 205 Å². The minimum atomic E-state index is -1.70. The number of carbonyl (C=O) groups excluding carboxylic acids is 1. The van der Waals surface area contributed by atoms with Crippen molar-refractivity contribution in [3.63, 3.8) is 0 Å². The molecular weight excluding hydrogens is 836 g/mol. The lowest BCUT2D eigenvalue weighted by atomic mass is 9.33. The molecule has 0 aromatic heterocycles. The lowest BCUT2D eigenvalue weighted by Crippen LogP contribution is -2.67. The van der Waals surface area contributed by atoms with Crippen LogP contribution in [0.3, 0.4) is 0 Å². The number of carbonyl (C=O) groups is 1. The van der Waals surface area contributed by atoms with Crippen LogP contribution in [-0.4, -0.2) is 169 Å². The maximum Gasteiger partial charge on any atom is 0.315 e. The number of aliphatic hydroxyl groups excluding tert-OH is 10. The molecule has 0 radical (unpaired) electrons. The summed E-state index contributed by atoms with van der Waals surface area (Å²) in [5.74, 6) is -0.273. The van der Waals surface area contributed by atoms with Gasteiger partial charge in [-0.15, -0.1) is 0 Å². The monoisotopic (exact) mass is 913 g/mol. The number of aliphatic hydroxyl groups is 10. The normalized spacial score (nSPS) is 54.9. The predicted octanol–water partition coefficient (Wildman–Crippen LogP) is 0.780. The summed E-state index contributed by atoms with van der Waals surface area (Å²) in [4.78, 5) is 14.6. The Kier molecular flexibility index (Phi) is 13.2. The molecule has 10 N–H and O–H groups in total. The summed E-state index contributed by atoms with van der Waals surface area (Å²) in [7, 11) is 0. The highest BCUT2D eigenvalue weighted by atomic mass is 16.7. The molecule has 7 fully saturated rings. The molecule has 366 valence electrons. The summed E-state index contributed by atoms with van der Waals surface area (Å²) >= 11 is 0. The summed E-state index contributed by atoms with van der Waals surface area (Å²) in [6, 6.07) is 0. The van der Waals surface area contributed by atoms with Crippen molar-refractivity contribution in [1.29, 1.82) is 0 Å². The molecule has 8 aliphatic rings. The van der Waals surface area contributed by atoms with E-state index in [1.165, 1.54) is 5.57 Å². The van der Waals surface area contributed by atoms with Crippen LogP contribution in [0.2, 0.25) is 0 Å². The SMILES string of the molecule is C[C@@H]1O[C@@H](OC(=O)[C@]23CCC(C)(C)C[C@H]2C2=CC[C@@H]4[C@@]5(C)CC[C@H](O[C@@H]6OC[C@H](O[C@@H]7O[C@H](CO)[C@@H](O)[C@H](O)[C@H]7O)[C@H](O)[C@H]6O)[C@@](C)(CO)[C@@H]5CC[C@@]4(C)[C@]2(C)CC3)[C@H](O)[C@H](O)[C@H]1O. The molecule has 17 heteroatoms. The molecule has 0 unspecified atom stereocenters. The second kappa shape index (κ2) is 17.2. The number of hydrogen-bond donors (Lipinski definition) is 10. The lowest BCUT2D eigenvalue weighted by Gasteiger charge is -2.71. The molecule has 17 nitrogen and oxygen atoms in total. The van der Waals surface area contributed by atoms with E-state index in [2.05, 4.69) is 40.7 Å². The van der Waals surface area contributed by atoms with Crippen molar-refractivity contribution in [3.05, 3.63) is 11.6 Å². The van der Waals surface area contributed by atoms with E-state index in [9.17, 15) is 55.9 Å². The molecule has 3 saturated heterocycles. The Hall–Kier alpha value is -1.39. The first kappa shape index (κ1) is 49.0. The zero-order chi connectivity index (χ0) is 46.7. The topological polar surface area (TPSA) is 275 Å². The Bertz CT molecular complexity index is 1750. The Morgan fingerprint density at radius 2 is 1.36 bits per heavy atom. The number of fused-ring (bicyclic) bond motifs is 7. The van der Waals surface area contributed by atoms with Gasteiger partial charge in [0, 0.05) is 5.41 Å². The van der Waals surface area contributed by atoms with E-state index in [1.54, 1.807) is 6.92 Å². The second-order valence-electron chi connectivity index (χ2n) is 22.8. The van der Waals surface area contributed by atoms with E-state index in [4.69, 9.17) is 28.4 Å². The molecule has 5 aliphatic carbocycles. The Labute approximate surface area is 376 Å². The van der Waals surface area contributed by atoms with Crippen molar-refractivity contribution >= 4 is 5.97 Å². The van der Waals surface area contributed by atoms with Gasteiger partial charge >= 0.3 is 5.97 Å². The smallest absolute Gasteiger partial charge is 0.315 e. The lowest BCUT2D eigenvalue weighted by molar-refractivity contribution is -0.352. The van der Waals surface area contributed by atoms with E-state index in [0.29, 0.717) is 19.3 Å². The van der Waals surface area contributed by atoms with Crippen LogP contribution in [0.1, 0.15) is 113 Å². The first-order chi connectivity index (χ1) is 29.9. The molecule has 3 heterocycles. The molecule has 0 aromatic rings. The van der Waals surface area contributed by atoms with E-state index >= 15 is 0 Å². The average molecular weight is 913 g/mol. The first-order valence-corrected chi connectivity index (χ1v) is 23.7. The van der Waals surface area contributed by atoms with Gasteiger partial charge in [-0.2, -0.15) is 0 Å². The van der Waals surface area contributed by atoms with Gasteiger partial charge in [0.05, 0.1) is 37.4 Å². The van der Waals surface area contributed by atoms with Gasteiger partial charge in [-0.05, 0) is 111 Å². The van der Waals surface area contributed by atoms with Crippen LogP contribution in [0.25, 0.3) is 0 Å². The van der Waals surface area contributed by atoms with Gasteiger partial charge in [0.2, 0.25) is 6.29 Å². The van der Waals surface area contributed by atoms with E-state index in [1.807, 2.05) is 6.92 Å². The zero-order valence-corrected chi connectivity index (χ0v) is 38.5. The fraction of sp³-hybridized carbons (Fsp3) is 0.936. The summed E-state index contributed by atoms with van der Waals surface area (Å²) in [5.41, 5.74) is -0.954. The third kappa shape index (κ3) is 7.49. The molecule has 4 saturated carbocycles. The molecule has 0 amide bonds. The van der Waals surface area contributed by atoms with Gasteiger partial charge in [0.25, 0.3) is 0 Å². The molecule has 0 spiro atoms. The minimum Gasteiger partial charge on any atom is -0.432 e. The standard InChI is InChI=1S/C47H76O17/c1-22-30(50)33(53)36(56)39(60-22)64-41(58)47-16-14-42(2,3)18-24(47)23-8-9-28-43(4)12-11-29(44(5,21-49)27(43)10-13-46(28,7)45(23,6)15-17-47)63-38-35(55)32(52)26(20-59-38)62-40-37(57)34(54)31(51)25(19-48)61-40/h8,22,24-40,48-57H,9-21H2,1-7H3/t22-,24-,25+,26-,27+,28+,29-,30-,31+,32-,33+,34-,35+,36+,37+,38-,39-,40-,43-,44-,45+,46+,47-/m0/s1. The van der Waals surface area contributed by atoms with E-state index in [-0.39, 0.29) is 52.6 Å². The number of allylic oxidation sites excluding steroid dienone is 2. The number of esters is 1. The van der Waals surface area contributed by atoms with Gasteiger partial charge in [0.15, 0.2) is 12.6 Å². The summed E-state index contributed by atoms with van der Waals surface area (Å²) in [5, 5.41) is 106. The number of ether oxygens (including phenoxy) is 6. The number of rotatable bonds is 8. The van der Waals surface area contributed by atoms with Crippen molar-refractivity contribution < 1.29 is 84.3 Å². The zero-order valence-electron chi connectivity index (χ0n) is 38.5. The fourth-order valence-electron chi connectivity index (χ4n) is 14.7. The Morgan fingerprint density at radius 1 is 0.703 bits per heavy atom. The quantitative estimate of drug-likeness (QED) is 0.0916.